The Morgan fingerprint density at radius 3 is 2.41 bits per heavy atom. The summed E-state index contributed by atoms with van der Waals surface area (Å²) < 4.78 is 0. The first-order valence-corrected chi connectivity index (χ1v) is 9.52. The van der Waals surface area contributed by atoms with Gasteiger partial charge in [-0.1, -0.05) is 55.0 Å². The molecule has 0 radical (unpaired) electrons. The summed E-state index contributed by atoms with van der Waals surface area (Å²) in [5.41, 5.74) is 8.44. The average Bonchev–Trinajstić information content (AvgIpc) is 2.67. The molecule has 2 aromatic rings. The van der Waals surface area contributed by atoms with Crippen LogP contribution >= 0.6 is 0 Å². The van der Waals surface area contributed by atoms with E-state index < -0.39 is 6.04 Å². The van der Waals surface area contributed by atoms with Crippen LogP contribution in [0.25, 0.3) is 0 Å². The molecular formula is C22H29N3O2. The van der Waals surface area contributed by atoms with Gasteiger partial charge in [-0.3, -0.25) is 9.59 Å². The van der Waals surface area contributed by atoms with E-state index in [9.17, 15) is 9.59 Å². The number of nitrogens with two attached hydrogens (primary N) is 1. The van der Waals surface area contributed by atoms with Crippen molar-refractivity contribution in [1.29, 1.82) is 0 Å². The quantitative estimate of drug-likeness (QED) is 0.564. The van der Waals surface area contributed by atoms with Gasteiger partial charge in [0.05, 0.1) is 0 Å². The van der Waals surface area contributed by atoms with Gasteiger partial charge in [-0.05, 0) is 49.9 Å². The third-order valence-corrected chi connectivity index (χ3v) is 4.39. The number of carbonyl (C=O) groups is 2. The molecule has 2 rings (SSSR count). The molecule has 1 unspecified atom stereocenters. The Morgan fingerprint density at radius 2 is 1.67 bits per heavy atom. The van der Waals surface area contributed by atoms with E-state index in [1.165, 1.54) is 5.56 Å². The molecule has 144 valence electrons. The van der Waals surface area contributed by atoms with E-state index in [0.717, 1.165) is 36.9 Å². The van der Waals surface area contributed by atoms with Crippen molar-refractivity contribution < 1.29 is 9.59 Å². The second-order valence-corrected chi connectivity index (χ2v) is 6.70. The van der Waals surface area contributed by atoms with Crippen molar-refractivity contribution in [1.82, 2.24) is 5.32 Å². The van der Waals surface area contributed by atoms with E-state index in [0.29, 0.717) is 13.0 Å². The molecule has 0 aliphatic carbocycles. The van der Waals surface area contributed by atoms with Gasteiger partial charge in [0.25, 0.3) is 0 Å². The van der Waals surface area contributed by atoms with E-state index in [1.807, 2.05) is 42.5 Å². The number of unbranched alkanes of at least 4 members (excludes halogenated alkanes) is 2. The lowest BCUT2D eigenvalue weighted by Gasteiger charge is -2.16. The van der Waals surface area contributed by atoms with Crippen molar-refractivity contribution >= 4 is 17.5 Å². The maximum Gasteiger partial charge on any atom is 0.246 e. The summed E-state index contributed by atoms with van der Waals surface area (Å²) in [6.07, 6.45) is 3.79. The number of benzene rings is 2. The first-order chi connectivity index (χ1) is 13.1. The fraction of sp³-hybridized carbons (Fsp3) is 0.364. The topological polar surface area (TPSA) is 84.2 Å². The highest BCUT2D eigenvalue weighted by atomic mass is 16.2. The molecule has 0 saturated carbocycles. The van der Waals surface area contributed by atoms with Gasteiger partial charge in [-0.25, -0.2) is 0 Å². The lowest BCUT2D eigenvalue weighted by atomic mass is 10.0. The highest BCUT2D eigenvalue weighted by Gasteiger charge is 2.16. The molecule has 0 aromatic heterocycles. The summed E-state index contributed by atoms with van der Waals surface area (Å²) in [5, 5.41) is 5.71. The van der Waals surface area contributed by atoms with Gasteiger partial charge in [-0.15, -0.1) is 0 Å². The van der Waals surface area contributed by atoms with Crippen LogP contribution in [0.3, 0.4) is 0 Å². The van der Waals surface area contributed by atoms with Crippen molar-refractivity contribution in [3.63, 3.8) is 0 Å². The maximum absolute atomic E-state index is 12.5. The number of anilines is 1. The first kappa shape index (κ1) is 20.6. The number of carbonyl (C=O) groups excluding carboxylic acids is 2. The minimum Gasteiger partial charge on any atom is -0.345 e. The van der Waals surface area contributed by atoms with Crippen LogP contribution in [-0.4, -0.2) is 24.4 Å². The molecule has 2 aromatic carbocycles. The van der Waals surface area contributed by atoms with Crippen LogP contribution in [0.1, 0.15) is 43.7 Å². The van der Waals surface area contributed by atoms with Crippen molar-refractivity contribution in [3.8, 4) is 0 Å². The van der Waals surface area contributed by atoms with E-state index >= 15 is 0 Å². The summed E-state index contributed by atoms with van der Waals surface area (Å²) in [6.45, 7) is 2.34. The molecule has 0 heterocycles. The Labute approximate surface area is 161 Å². The Kier molecular flexibility index (Phi) is 8.52. The SMILES string of the molecule is CC(NC(=O)CCCCCN)C(=O)Nc1ccccc1Cc1ccccc1. The summed E-state index contributed by atoms with van der Waals surface area (Å²) >= 11 is 0. The van der Waals surface area contributed by atoms with Crippen LogP contribution in [0.5, 0.6) is 0 Å². The number of hydrogen-bond acceptors (Lipinski definition) is 3. The van der Waals surface area contributed by atoms with Gasteiger partial charge in [0.15, 0.2) is 0 Å². The van der Waals surface area contributed by atoms with Gasteiger partial charge in [0, 0.05) is 12.1 Å². The van der Waals surface area contributed by atoms with Gasteiger partial charge in [-0.2, -0.15) is 0 Å². The standard InChI is InChI=1S/C22H29N3O2/c1-17(24-21(26)14-6-3-9-15-23)22(27)25-20-13-8-7-12-19(20)16-18-10-4-2-5-11-18/h2,4-5,7-8,10-13,17H,3,6,9,14-16,23H2,1H3,(H,24,26)(H,25,27). The number of hydrogen-bond donors (Lipinski definition) is 3. The minimum atomic E-state index is -0.586. The van der Waals surface area contributed by atoms with Crippen LogP contribution in [-0.2, 0) is 16.0 Å². The summed E-state index contributed by atoms with van der Waals surface area (Å²) in [4.78, 5) is 24.4. The van der Waals surface area contributed by atoms with E-state index in [-0.39, 0.29) is 11.8 Å². The van der Waals surface area contributed by atoms with E-state index in [4.69, 9.17) is 5.73 Å². The van der Waals surface area contributed by atoms with Crippen LogP contribution in [0.15, 0.2) is 54.6 Å². The zero-order valence-electron chi connectivity index (χ0n) is 15.9. The predicted octanol–water partition coefficient (Wildman–Crippen LogP) is 3.24. The third kappa shape index (κ3) is 7.23. The normalized spacial score (nSPS) is 11.6. The summed E-state index contributed by atoms with van der Waals surface area (Å²) in [7, 11) is 0. The molecule has 27 heavy (non-hydrogen) atoms. The molecular weight excluding hydrogens is 338 g/mol. The van der Waals surface area contributed by atoms with Crippen molar-refractivity contribution in [2.24, 2.45) is 5.73 Å². The van der Waals surface area contributed by atoms with Crippen LogP contribution in [0.4, 0.5) is 5.69 Å². The summed E-state index contributed by atoms with van der Waals surface area (Å²) in [6, 6.07) is 17.3. The molecule has 0 aliphatic heterocycles. The molecule has 5 heteroatoms. The van der Waals surface area contributed by atoms with Crippen molar-refractivity contribution in [3.05, 3.63) is 65.7 Å². The second-order valence-electron chi connectivity index (χ2n) is 6.70. The Morgan fingerprint density at radius 1 is 0.963 bits per heavy atom. The lowest BCUT2D eigenvalue weighted by Crippen LogP contribution is -2.41. The Bertz CT molecular complexity index is 731. The molecule has 1 atom stereocenters. The first-order valence-electron chi connectivity index (χ1n) is 9.52. The second kappa shape index (κ2) is 11.1. The molecule has 0 saturated heterocycles. The monoisotopic (exact) mass is 367 g/mol. The van der Waals surface area contributed by atoms with Crippen LogP contribution in [0, 0.1) is 0 Å². The van der Waals surface area contributed by atoms with Crippen molar-refractivity contribution in [2.45, 2.75) is 45.1 Å². The van der Waals surface area contributed by atoms with Crippen molar-refractivity contribution in [2.75, 3.05) is 11.9 Å². The molecule has 0 bridgehead atoms. The van der Waals surface area contributed by atoms with Crippen LogP contribution in [0.2, 0.25) is 0 Å². The van der Waals surface area contributed by atoms with Gasteiger partial charge in [0.1, 0.15) is 6.04 Å². The molecule has 4 N–H and O–H groups in total. The molecule has 0 aliphatic rings. The molecule has 5 nitrogen and oxygen atoms in total. The van der Waals surface area contributed by atoms with E-state index in [2.05, 4.69) is 22.8 Å². The average molecular weight is 367 g/mol. The predicted molar refractivity (Wildman–Crippen MR) is 109 cm³/mol. The minimum absolute atomic E-state index is 0.104. The summed E-state index contributed by atoms with van der Waals surface area (Å²) in [5.74, 6) is -0.321. The van der Waals surface area contributed by atoms with Crippen LogP contribution < -0.4 is 16.4 Å². The van der Waals surface area contributed by atoms with Gasteiger partial charge >= 0.3 is 0 Å². The third-order valence-electron chi connectivity index (χ3n) is 4.39. The Balaban J connectivity index is 1.90. The van der Waals surface area contributed by atoms with E-state index in [1.54, 1.807) is 6.92 Å². The van der Waals surface area contributed by atoms with Gasteiger partial charge < -0.3 is 16.4 Å². The molecule has 0 fully saturated rings. The maximum atomic E-state index is 12.5. The number of amides is 2. The molecule has 0 spiro atoms. The highest BCUT2D eigenvalue weighted by Crippen LogP contribution is 2.19. The van der Waals surface area contributed by atoms with Gasteiger partial charge in [0.2, 0.25) is 11.8 Å². The fourth-order valence-electron chi connectivity index (χ4n) is 2.84. The number of rotatable bonds is 10. The molecule has 2 amide bonds. The number of para-hydroxylation sites is 1. The smallest absolute Gasteiger partial charge is 0.246 e. The largest absolute Gasteiger partial charge is 0.345 e. The highest BCUT2D eigenvalue weighted by molar-refractivity contribution is 5.97. The zero-order valence-corrected chi connectivity index (χ0v) is 15.9. The fourth-order valence-corrected chi connectivity index (χ4v) is 2.84. The Hall–Kier alpha value is -2.66. The lowest BCUT2D eigenvalue weighted by molar-refractivity contribution is -0.126. The zero-order chi connectivity index (χ0) is 19.5. The number of nitrogens with one attached hydrogen (secondary N) is 2.